The minimum absolute atomic E-state index is 0.152. The fraction of sp³-hybridized carbons (Fsp3) is 0.213. The van der Waals surface area contributed by atoms with E-state index in [1.165, 1.54) is 38.7 Å². The highest BCUT2D eigenvalue weighted by atomic mass is 16.3. The molecule has 0 fully saturated rings. The Bertz CT molecular complexity index is 2800. The summed E-state index contributed by atoms with van der Waals surface area (Å²) in [6.45, 7) is 15.6. The van der Waals surface area contributed by atoms with Crippen molar-refractivity contribution in [3.8, 4) is 28.2 Å². The third-order valence-corrected chi connectivity index (χ3v) is 10.4. The third-order valence-electron chi connectivity index (χ3n) is 10.4. The van der Waals surface area contributed by atoms with E-state index in [2.05, 4.69) is 162 Å². The molecule has 52 heavy (non-hydrogen) atoms. The van der Waals surface area contributed by atoms with Crippen LogP contribution in [0.3, 0.4) is 0 Å². The number of para-hydroxylation sites is 1. The largest absolute Gasteiger partial charge is 0.455 e. The van der Waals surface area contributed by atoms with Gasteiger partial charge in [0.25, 0.3) is 0 Å². The number of fused-ring (bicyclic) bond motifs is 7. The van der Waals surface area contributed by atoms with Crippen LogP contribution in [0, 0.1) is 0 Å². The van der Waals surface area contributed by atoms with Gasteiger partial charge < -0.3 is 4.42 Å². The van der Waals surface area contributed by atoms with Gasteiger partial charge in [0.1, 0.15) is 22.8 Å². The molecule has 0 aliphatic carbocycles. The highest BCUT2D eigenvalue weighted by Crippen LogP contribution is 2.44. The summed E-state index contributed by atoms with van der Waals surface area (Å²) in [5.41, 5.74) is 11.6. The Morgan fingerprint density at radius 3 is 2.06 bits per heavy atom. The molecule has 0 aliphatic heterocycles. The predicted octanol–water partition coefficient (Wildman–Crippen LogP) is 12.9. The normalized spacial score (nSPS) is 12.5. The van der Waals surface area contributed by atoms with E-state index in [0.717, 1.165) is 61.1 Å². The molecule has 5 nitrogen and oxygen atoms in total. The Hall–Kier alpha value is -5.81. The maximum atomic E-state index is 6.84. The molecule has 9 aromatic rings. The molecule has 0 aliphatic rings. The van der Waals surface area contributed by atoms with Gasteiger partial charge in [0.15, 0.2) is 0 Å². The van der Waals surface area contributed by atoms with Gasteiger partial charge in [-0.3, -0.25) is 4.57 Å². The first kappa shape index (κ1) is 32.1. The third kappa shape index (κ3) is 5.10. The SMILES string of the molecule is CC(C)c1cc(-c2ccccc2)cc(C(C)C)c1-n1c(-c2cccc3c2oc2cc4cnc(C(C)(C)C)nc4cc23)nc2ccc3ccccc3c21. The zero-order valence-electron chi connectivity index (χ0n) is 30.8. The fourth-order valence-corrected chi connectivity index (χ4v) is 7.71. The smallest absolute Gasteiger partial charge is 0.149 e. The monoisotopic (exact) mass is 678 g/mol. The average molecular weight is 679 g/mol. The van der Waals surface area contributed by atoms with Crippen LogP contribution < -0.4 is 0 Å². The summed E-state index contributed by atoms with van der Waals surface area (Å²) in [5.74, 6) is 2.20. The lowest BCUT2D eigenvalue weighted by molar-refractivity contribution is 0.548. The molecule has 3 heterocycles. The van der Waals surface area contributed by atoms with Crippen molar-refractivity contribution in [1.29, 1.82) is 0 Å². The van der Waals surface area contributed by atoms with Crippen molar-refractivity contribution in [3.63, 3.8) is 0 Å². The Morgan fingerprint density at radius 1 is 0.615 bits per heavy atom. The number of aromatic nitrogens is 4. The first-order valence-corrected chi connectivity index (χ1v) is 18.3. The number of rotatable bonds is 5. The van der Waals surface area contributed by atoms with E-state index < -0.39 is 0 Å². The number of nitrogens with zero attached hydrogens (tertiary/aromatic N) is 4. The first-order chi connectivity index (χ1) is 25.1. The summed E-state index contributed by atoms with van der Waals surface area (Å²) in [5, 5.41) is 5.40. The molecule has 3 aromatic heterocycles. The topological polar surface area (TPSA) is 56.7 Å². The summed E-state index contributed by atoms with van der Waals surface area (Å²) in [6, 6.07) is 39.2. The molecule has 0 spiro atoms. The van der Waals surface area contributed by atoms with Gasteiger partial charge in [-0.2, -0.15) is 0 Å². The van der Waals surface area contributed by atoms with E-state index in [1.54, 1.807) is 0 Å². The predicted molar refractivity (Wildman–Crippen MR) is 217 cm³/mol. The van der Waals surface area contributed by atoms with Crippen molar-refractivity contribution in [2.45, 2.75) is 65.7 Å². The van der Waals surface area contributed by atoms with Gasteiger partial charge in [-0.05, 0) is 75.9 Å². The molecule has 0 radical (unpaired) electrons. The highest BCUT2D eigenvalue weighted by molar-refractivity contribution is 6.13. The maximum Gasteiger partial charge on any atom is 0.149 e. The van der Waals surface area contributed by atoms with Crippen LogP contribution >= 0.6 is 0 Å². The molecule has 0 saturated heterocycles. The molecule has 0 unspecified atom stereocenters. The van der Waals surface area contributed by atoms with E-state index in [0.29, 0.717) is 0 Å². The molecule has 9 rings (SSSR count). The Morgan fingerprint density at radius 2 is 1.33 bits per heavy atom. The number of hydrogen-bond donors (Lipinski definition) is 0. The van der Waals surface area contributed by atoms with Gasteiger partial charge in [-0.25, -0.2) is 15.0 Å². The molecule has 0 saturated carbocycles. The highest BCUT2D eigenvalue weighted by Gasteiger charge is 2.27. The quantitative estimate of drug-likeness (QED) is 0.182. The number of hydrogen-bond acceptors (Lipinski definition) is 4. The van der Waals surface area contributed by atoms with Crippen LogP contribution in [-0.2, 0) is 5.41 Å². The second kappa shape index (κ2) is 11.9. The maximum absolute atomic E-state index is 6.84. The molecule has 0 N–H and O–H groups in total. The van der Waals surface area contributed by atoms with Crippen LogP contribution in [0.25, 0.3) is 82.8 Å². The van der Waals surface area contributed by atoms with Gasteiger partial charge in [-0.15, -0.1) is 0 Å². The Balaban J connectivity index is 1.39. The minimum Gasteiger partial charge on any atom is -0.455 e. The van der Waals surface area contributed by atoms with E-state index in [1.807, 2.05) is 6.20 Å². The fourth-order valence-electron chi connectivity index (χ4n) is 7.71. The summed E-state index contributed by atoms with van der Waals surface area (Å²) in [4.78, 5) is 15.2. The van der Waals surface area contributed by atoms with Gasteiger partial charge in [0.2, 0.25) is 0 Å². The molecular weight excluding hydrogens is 637 g/mol. The minimum atomic E-state index is -0.152. The first-order valence-electron chi connectivity index (χ1n) is 18.3. The van der Waals surface area contributed by atoms with Crippen molar-refractivity contribution in [3.05, 3.63) is 132 Å². The number of benzene rings is 6. The van der Waals surface area contributed by atoms with Crippen LogP contribution in [0.1, 0.15) is 77.3 Å². The van der Waals surface area contributed by atoms with Crippen LogP contribution in [0.2, 0.25) is 0 Å². The lowest BCUT2D eigenvalue weighted by Crippen LogP contribution is -2.15. The van der Waals surface area contributed by atoms with Gasteiger partial charge in [0.05, 0.1) is 27.8 Å². The van der Waals surface area contributed by atoms with Gasteiger partial charge in [-0.1, -0.05) is 121 Å². The molecule has 0 bridgehead atoms. The van der Waals surface area contributed by atoms with E-state index in [9.17, 15) is 0 Å². The average Bonchev–Trinajstić information content (AvgIpc) is 3.71. The van der Waals surface area contributed by atoms with Gasteiger partial charge in [0, 0.05) is 33.2 Å². The van der Waals surface area contributed by atoms with Crippen molar-refractivity contribution in [1.82, 2.24) is 19.5 Å². The van der Waals surface area contributed by atoms with E-state index in [-0.39, 0.29) is 17.3 Å². The number of furan rings is 1. The molecule has 0 atom stereocenters. The van der Waals surface area contributed by atoms with E-state index >= 15 is 0 Å². The lowest BCUT2D eigenvalue weighted by Gasteiger charge is -2.24. The lowest BCUT2D eigenvalue weighted by atomic mass is 9.88. The van der Waals surface area contributed by atoms with Crippen LogP contribution in [0.5, 0.6) is 0 Å². The van der Waals surface area contributed by atoms with Crippen molar-refractivity contribution < 1.29 is 4.42 Å². The van der Waals surface area contributed by atoms with Crippen molar-refractivity contribution in [2.75, 3.05) is 0 Å². The summed E-state index contributed by atoms with van der Waals surface area (Å²) in [6.07, 6.45) is 1.92. The Kier molecular flexibility index (Phi) is 7.34. The molecule has 256 valence electrons. The molecular formula is C47H42N4O. The zero-order valence-corrected chi connectivity index (χ0v) is 30.8. The van der Waals surface area contributed by atoms with Crippen LogP contribution in [0.15, 0.2) is 120 Å². The molecule has 5 heteroatoms. The van der Waals surface area contributed by atoms with Crippen molar-refractivity contribution in [2.24, 2.45) is 0 Å². The summed E-state index contributed by atoms with van der Waals surface area (Å²) < 4.78 is 9.28. The number of imidazole rings is 1. The van der Waals surface area contributed by atoms with Gasteiger partial charge >= 0.3 is 0 Å². The van der Waals surface area contributed by atoms with E-state index in [4.69, 9.17) is 19.4 Å². The van der Waals surface area contributed by atoms with Crippen LogP contribution in [-0.4, -0.2) is 19.5 Å². The zero-order chi connectivity index (χ0) is 35.9. The molecule has 0 amide bonds. The van der Waals surface area contributed by atoms with Crippen LogP contribution in [0.4, 0.5) is 0 Å². The summed E-state index contributed by atoms with van der Waals surface area (Å²) >= 11 is 0. The second-order valence-corrected chi connectivity index (χ2v) is 15.7. The molecule has 6 aromatic carbocycles. The Labute approximate surface area is 304 Å². The van der Waals surface area contributed by atoms with Crippen molar-refractivity contribution >= 4 is 54.6 Å². The second-order valence-electron chi connectivity index (χ2n) is 15.7. The standard InChI is InChI=1S/C47H42N4O/c1-27(2)36-22-31(29-14-9-8-10-15-29)23-37(28(3)4)42(36)51-43-33-17-12-11-16-30(33)20-21-39(43)49-45(51)35-19-13-18-34-38-25-40-32(24-41(38)52-44(34)35)26-48-46(50-40)47(5,6)7/h8-28H,1-7H3. The summed E-state index contributed by atoms with van der Waals surface area (Å²) in [7, 11) is 0.